The maximum Gasteiger partial charge on any atom is 0.263 e. The minimum Gasteiger partial charge on any atom is -0.339 e. The van der Waals surface area contributed by atoms with E-state index < -0.39 is 11.6 Å². The summed E-state index contributed by atoms with van der Waals surface area (Å²) in [5, 5.41) is 2.60. The van der Waals surface area contributed by atoms with Gasteiger partial charge in [0.05, 0.1) is 4.88 Å². The third-order valence-corrected chi connectivity index (χ3v) is 6.07. The van der Waals surface area contributed by atoms with E-state index in [1.165, 1.54) is 11.3 Å². The molecule has 1 aromatic heterocycles. The van der Waals surface area contributed by atoms with E-state index >= 15 is 0 Å². The van der Waals surface area contributed by atoms with Gasteiger partial charge in [-0.05, 0) is 56.9 Å². The van der Waals surface area contributed by atoms with Crippen molar-refractivity contribution in [1.82, 2.24) is 4.90 Å². The van der Waals surface area contributed by atoms with Crippen LogP contribution >= 0.6 is 11.3 Å². The van der Waals surface area contributed by atoms with Crippen LogP contribution in [-0.2, 0) is 17.6 Å². The fourth-order valence-corrected chi connectivity index (χ4v) is 4.57. The van der Waals surface area contributed by atoms with Crippen LogP contribution in [0.25, 0.3) is 0 Å². The van der Waals surface area contributed by atoms with E-state index in [4.69, 9.17) is 0 Å². The first-order valence-electron chi connectivity index (χ1n) is 9.09. The Morgan fingerprint density at radius 2 is 1.81 bits per heavy atom. The first kappa shape index (κ1) is 19.5. The maximum atomic E-state index is 13.3. The number of halogens is 2. The van der Waals surface area contributed by atoms with Crippen molar-refractivity contribution in [3.8, 4) is 0 Å². The highest BCUT2D eigenvalue weighted by atomic mass is 32.1. The third-order valence-electron chi connectivity index (χ3n) is 4.85. The molecule has 0 saturated carbocycles. The average Bonchev–Trinajstić information content (AvgIpc) is 3.05. The summed E-state index contributed by atoms with van der Waals surface area (Å²) < 4.78 is 26.6. The second-order valence-corrected chi connectivity index (χ2v) is 7.76. The van der Waals surface area contributed by atoms with Gasteiger partial charge >= 0.3 is 0 Å². The molecular weight excluding hydrogens is 370 g/mol. The van der Waals surface area contributed by atoms with E-state index in [1.807, 2.05) is 19.9 Å². The minimum absolute atomic E-state index is 0.0237. The molecule has 0 saturated heterocycles. The molecule has 0 spiro atoms. The van der Waals surface area contributed by atoms with Crippen molar-refractivity contribution < 1.29 is 18.4 Å². The van der Waals surface area contributed by atoms with Crippen molar-refractivity contribution in [2.75, 3.05) is 18.4 Å². The van der Waals surface area contributed by atoms with Gasteiger partial charge in [-0.15, -0.1) is 11.3 Å². The molecular formula is C20H22F2N2O2S. The van der Waals surface area contributed by atoms with Crippen molar-refractivity contribution in [3.63, 3.8) is 0 Å². The highest BCUT2D eigenvalue weighted by Gasteiger charge is 2.28. The largest absolute Gasteiger partial charge is 0.339 e. The molecule has 0 fully saturated rings. The molecule has 1 atom stereocenters. The molecule has 1 N–H and O–H groups in total. The molecule has 144 valence electrons. The highest BCUT2D eigenvalue weighted by Crippen LogP contribution is 2.33. The molecule has 4 nitrogen and oxygen atoms in total. The normalized spacial score (nSPS) is 15.9. The van der Waals surface area contributed by atoms with Gasteiger partial charge in [0.2, 0.25) is 5.91 Å². The van der Waals surface area contributed by atoms with Crippen molar-refractivity contribution in [3.05, 3.63) is 51.2 Å². The summed E-state index contributed by atoms with van der Waals surface area (Å²) in [5.74, 6) is -1.97. The summed E-state index contributed by atoms with van der Waals surface area (Å²) in [7, 11) is 0. The molecule has 7 heteroatoms. The number of amides is 2. The number of fused-ring (bicyclic) bond motifs is 1. The van der Waals surface area contributed by atoms with Crippen LogP contribution in [0.1, 0.15) is 40.4 Å². The van der Waals surface area contributed by atoms with Crippen LogP contribution in [0.5, 0.6) is 0 Å². The first-order chi connectivity index (χ1) is 12.9. The summed E-state index contributed by atoms with van der Waals surface area (Å²) in [4.78, 5) is 28.7. The van der Waals surface area contributed by atoms with Crippen LogP contribution in [0.2, 0.25) is 0 Å². The SMILES string of the molecule is CCN(CC)C(=O)c1cc2c(s1)CC[C@@H](C(=O)Nc1cc(F)cc(F)c1)C2. The number of nitrogens with one attached hydrogen (secondary N) is 1. The van der Waals surface area contributed by atoms with Crippen molar-refractivity contribution in [2.24, 2.45) is 5.92 Å². The van der Waals surface area contributed by atoms with Crippen molar-refractivity contribution in [2.45, 2.75) is 33.1 Å². The molecule has 0 radical (unpaired) electrons. The average molecular weight is 392 g/mol. The summed E-state index contributed by atoms with van der Waals surface area (Å²) in [6, 6.07) is 4.85. The topological polar surface area (TPSA) is 49.4 Å². The Labute approximate surface area is 161 Å². The molecule has 0 aliphatic heterocycles. The summed E-state index contributed by atoms with van der Waals surface area (Å²) in [6.45, 7) is 5.22. The molecule has 0 bridgehead atoms. The number of anilines is 1. The Balaban J connectivity index is 1.70. The number of nitrogens with zero attached hydrogens (tertiary/aromatic N) is 1. The molecule has 1 aromatic carbocycles. The molecule has 1 aliphatic carbocycles. The number of aryl methyl sites for hydroxylation is 1. The second kappa shape index (κ2) is 8.17. The van der Waals surface area contributed by atoms with Crippen LogP contribution in [-0.4, -0.2) is 29.8 Å². The zero-order valence-corrected chi connectivity index (χ0v) is 16.2. The van der Waals surface area contributed by atoms with Gasteiger partial charge in [0.15, 0.2) is 0 Å². The molecule has 3 rings (SSSR count). The van der Waals surface area contributed by atoms with E-state index in [1.54, 1.807) is 4.90 Å². The van der Waals surface area contributed by atoms with Crippen LogP contribution in [0.3, 0.4) is 0 Å². The van der Waals surface area contributed by atoms with Gasteiger partial charge in [0.1, 0.15) is 11.6 Å². The number of thiophene rings is 1. The lowest BCUT2D eigenvalue weighted by Crippen LogP contribution is -2.29. The Hall–Kier alpha value is -2.28. The number of carbonyl (C=O) groups is 2. The Kier molecular flexibility index (Phi) is 5.89. The quantitative estimate of drug-likeness (QED) is 0.827. The first-order valence-corrected chi connectivity index (χ1v) is 9.90. The zero-order chi connectivity index (χ0) is 19.6. The van der Waals surface area contributed by atoms with Crippen LogP contribution < -0.4 is 5.32 Å². The van der Waals surface area contributed by atoms with E-state index in [0.29, 0.717) is 30.8 Å². The molecule has 2 amide bonds. The fraction of sp³-hybridized carbons (Fsp3) is 0.400. The van der Waals surface area contributed by atoms with Gasteiger partial charge in [0.25, 0.3) is 5.91 Å². The van der Waals surface area contributed by atoms with Gasteiger partial charge in [-0.25, -0.2) is 8.78 Å². The number of hydrogen-bond donors (Lipinski definition) is 1. The van der Waals surface area contributed by atoms with E-state index in [0.717, 1.165) is 35.1 Å². The lowest BCUT2D eigenvalue weighted by atomic mass is 9.87. The zero-order valence-electron chi connectivity index (χ0n) is 15.4. The molecule has 0 unspecified atom stereocenters. The molecule has 1 aliphatic rings. The number of rotatable bonds is 5. The van der Waals surface area contributed by atoms with E-state index in [2.05, 4.69) is 5.32 Å². The van der Waals surface area contributed by atoms with Gasteiger partial charge < -0.3 is 10.2 Å². The van der Waals surface area contributed by atoms with E-state index in [9.17, 15) is 18.4 Å². The third kappa shape index (κ3) is 4.35. The number of hydrogen-bond acceptors (Lipinski definition) is 3. The summed E-state index contributed by atoms with van der Waals surface area (Å²) in [5.41, 5.74) is 1.14. The maximum absolute atomic E-state index is 13.3. The predicted octanol–water partition coefficient (Wildman–Crippen LogP) is 4.25. The molecule has 1 heterocycles. The van der Waals surface area contributed by atoms with Crippen molar-refractivity contribution in [1.29, 1.82) is 0 Å². The van der Waals surface area contributed by atoms with Gasteiger partial charge in [-0.2, -0.15) is 0 Å². The van der Waals surface area contributed by atoms with Crippen LogP contribution in [0.15, 0.2) is 24.3 Å². The predicted molar refractivity (Wildman–Crippen MR) is 102 cm³/mol. The Morgan fingerprint density at radius 1 is 1.15 bits per heavy atom. The van der Waals surface area contributed by atoms with Gasteiger partial charge in [-0.1, -0.05) is 0 Å². The van der Waals surface area contributed by atoms with Crippen molar-refractivity contribution >= 4 is 28.8 Å². The van der Waals surface area contributed by atoms with Gasteiger partial charge in [0, 0.05) is 35.6 Å². The highest BCUT2D eigenvalue weighted by molar-refractivity contribution is 7.14. The Bertz CT molecular complexity index is 841. The Morgan fingerprint density at radius 3 is 2.44 bits per heavy atom. The number of benzene rings is 1. The van der Waals surface area contributed by atoms with E-state index in [-0.39, 0.29) is 23.4 Å². The smallest absolute Gasteiger partial charge is 0.263 e. The second-order valence-electron chi connectivity index (χ2n) is 6.62. The molecule has 27 heavy (non-hydrogen) atoms. The molecule has 2 aromatic rings. The fourth-order valence-electron chi connectivity index (χ4n) is 3.39. The summed E-state index contributed by atoms with van der Waals surface area (Å²) in [6.07, 6.45) is 1.90. The standard InChI is InChI=1S/C20H22F2N2O2S/c1-3-24(4-2)20(26)18-8-13-7-12(5-6-17(13)27-18)19(25)23-16-10-14(21)9-15(22)11-16/h8-12H,3-7H2,1-2H3,(H,23,25)/t12-/m1/s1. The van der Waals surface area contributed by atoms with Crippen LogP contribution in [0, 0.1) is 17.6 Å². The lowest BCUT2D eigenvalue weighted by molar-refractivity contribution is -0.120. The minimum atomic E-state index is -0.728. The summed E-state index contributed by atoms with van der Waals surface area (Å²) >= 11 is 1.50. The number of carbonyl (C=O) groups excluding carboxylic acids is 2. The lowest BCUT2D eigenvalue weighted by Gasteiger charge is -2.21. The van der Waals surface area contributed by atoms with Crippen LogP contribution in [0.4, 0.5) is 14.5 Å². The monoisotopic (exact) mass is 392 g/mol. The van der Waals surface area contributed by atoms with Gasteiger partial charge in [-0.3, -0.25) is 9.59 Å².